The van der Waals surface area contributed by atoms with Crippen molar-refractivity contribution in [3.63, 3.8) is 0 Å². The highest BCUT2D eigenvalue weighted by Gasteiger charge is 2.12. The molecular weight excluding hydrogens is 253 g/mol. The van der Waals surface area contributed by atoms with Gasteiger partial charge in [-0.15, -0.1) is 0 Å². The number of benzene rings is 1. The number of halogens is 1. The maximum atomic E-state index is 13.2. The van der Waals surface area contributed by atoms with Gasteiger partial charge in [0.05, 0.1) is 18.9 Å². The SMILES string of the molecule is CC(CNC(=O)CCOc1ccccc1F)C(=O)O. The molecule has 1 unspecified atom stereocenters. The molecule has 6 heteroatoms. The molecule has 0 bridgehead atoms. The highest BCUT2D eigenvalue weighted by atomic mass is 19.1. The van der Waals surface area contributed by atoms with Crippen LogP contribution in [0.3, 0.4) is 0 Å². The number of carboxylic acid groups (broad SMARTS) is 1. The zero-order chi connectivity index (χ0) is 14.3. The normalized spacial score (nSPS) is 11.7. The maximum absolute atomic E-state index is 13.2. The fourth-order valence-electron chi connectivity index (χ4n) is 1.26. The summed E-state index contributed by atoms with van der Waals surface area (Å²) >= 11 is 0. The number of hydrogen-bond donors (Lipinski definition) is 2. The standard InChI is InChI=1S/C13H16FNO4/c1-9(13(17)18)8-15-12(16)6-7-19-11-5-3-2-4-10(11)14/h2-5,9H,6-8H2,1H3,(H,15,16)(H,17,18). The predicted molar refractivity (Wildman–Crippen MR) is 66.3 cm³/mol. The third-order valence-electron chi connectivity index (χ3n) is 2.45. The molecule has 1 aromatic rings. The van der Waals surface area contributed by atoms with Gasteiger partial charge in [0.1, 0.15) is 0 Å². The molecule has 0 saturated heterocycles. The molecule has 0 aliphatic rings. The van der Waals surface area contributed by atoms with E-state index in [4.69, 9.17) is 9.84 Å². The van der Waals surface area contributed by atoms with Gasteiger partial charge in [-0.2, -0.15) is 0 Å². The van der Waals surface area contributed by atoms with Gasteiger partial charge in [-0.25, -0.2) is 4.39 Å². The summed E-state index contributed by atoms with van der Waals surface area (Å²) in [6.45, 7) is 1.60. The number of amides is 1. The predicted octanol–water partition coefficient (Wildman–Crippen LogP) is 1.43. The summed E-state index contributed by atoms with van der Waals surface area (Å²) in [7, 11) is 0. The molecule has 104 valence electrons. The fraction of sp³-hybridized carbons (Fsp3) is 0.385. The second-order valence-corrected chi connectivity index (χ2v) is 4.07. The lowest BCUT2D eigenvalue weighted by molar-refractivity contribution is -0.141. The van der Waals surface area contributed by atoms with Crippen LogP contribution in [0, 0.1) is 11.7 Å². The third-order valence-corrected chi connectivity index (χ3v) is 2.45. The molecule has 0 heterocycles. The monoisotopic (exact) mass is 269 g/mol. The Balaban J connectivity index is 2.24. The summed E-state index contributed by atoms with van der Waals surface area (Å²) in [6.07, 6.45) is 0.0423. The average molecular weight is 269 g/mol. The quantitative estimate of drug-likeness (QED) is 0.785. The van der Waals surface area contributed by atoms with Crippen LogP contribution < -0.4 is 10.1 Å². The number of nitrogens with one attached hydrogen (secondary N) is 1. The summed E-state index contributed by atoms with van der Waals surface area (Å²) in [4.78, 5) is 21.9. The lowest BCUT2D eigenvalue weighted by atomic mass is 10.2. The van der Waals surface area contributed by atoms with Crippen molar-refractivity contribution in [2.45, 2.75) is 13.3 Å². The molecule has 0 aromatic heterocycles. The van der Waals surface area contributed by atoms with Crippen molar-refractivity contribution in [2.75, 3.05) is 13.2 Å². The maximum Gasteiger partial charge on any atom is 0.308 e. The molecule has 0 aliphatic carbocycles. The Hall–Kier alpha value is -2.11. The van der Waals surface area contributed by atoms with Crippen molar-refractivity contribution in [2.24, 2.45) is 5.92 Å². The van der Waals surface area contributed by atoms with Crippen LogP contribution in [-0.4, -0.2) is 30.1 Å². The lowest BCUT2D eigenvalue weighted by Gasteiger charge is -2.09. The van der Waals surface area contributed by atoms with Crippen LogP contribution in [0.2, 0.25) is 0 Å². The van der Waals surface area contributed by atoms with E-state index in [-0.39, 0.29) is 31.2 Å². The average Bonchev–Trinajstić information content (AvgIpc) is 2.38. The van der Waals surface area contributed by atoms with Gasteiger partial charge in [-0.3, -0.25) is 9.59 Å². The molecule has 1 rings (SSSR count). The van der Waals surface area contributed by atoms with E-state index in [9.17, 15) is 14.0 Å². The zero-order valence-electron chi connectivity index (χ0n) is 10.6. The molecule has 2 N–H and O–H groups in total. The third kappa shape index (κ3) is 5.37. The van der Waals surface area contributed by atoms with Gasteiger partial charge < -0.3 is 15.2 Å². The van der Waals surface area contributed by atoms with Crippen LogP contribution in [0.15, 0.2) is 24.3 Å². The molecule has 0 spiro atoms. The molecule has 0 fully saturated rings. The minimum absolute atomic E-state index is 0.0359. The van der Waals surface area contributed by atoms with Crippen molar-refractivity contribution in [3.05, 3.63) is 30.1 Å². The molecule has 1 atom stereocenters. The Morgan fingerprint density at radius 1 is 1.42 bits per heavy atom. The van der Waals surface area contributed by atoms with Gasteiger partial charge in [0, 0.05) is 6.54 Å². The van der Waals surface area contributed by atoms with E-state index < -0.39 is 17.7 Å². The number of carbonyl (C=O) groups is 2. The van der Waals surface area contributed by atoms with Crippen LogP contribution >= 0.6 is 0 Å². The highest BCUT2D eigenvalue weighted by molar-refractivity contribution is 5.77. The van der Waals surface area contributed by atoms with Crippen LogP contribution in [-0.2, 0) is 9.59 Å². The second kappa shape index (κ2) is 7.35. The largest absolute Gasteiger partial charge is 0.490 e. The first kappa shape index (κ1) is 14.9. The number of aliphatic carboxylic acids is 1. The van der Waals surface area contributed by atoms with Crippen molar-refractivity contribution >= 4 is 11.9 Å². The van der Waals surface area contributed by atoms with Crippen molar-refractivity contribution < 1.29 is 23.8 Å². The molecule has 19 heavy (non-hydrogen) atoms. The minimum Gasteiger partial charge on any atom is -0.490 e. The van der Waals surface area contributed by atoms with E-state index in [1.54, 1.807) is 12.1 Å². The van der Waals surface area contributed by atoms with Gasteiger partial charge in [0.25, 0.3) is 0 Å². The second-order valence-electron chi connectivity index (χ2n) is 4.07. The van der Waals surface area contributed by atoms with Gasteiger partial charge in [-0.05, 0) is 12.1 Å². The van der Waals surface area contributed by atoms with E-state index in [1.165, 1.54) is 19.1 Å². The van der Waals surface area contributed by atoms with Crippen LogP contribution in [0.1, 0.15) is 13.3 Å². The number of hydrogen-bond acceptors (Lipinski definition) is 3. The number of para-hydroxylation sites is 1. The summed E-state index contributed by atoms with van der Waals surface area (Å²) in [5.74, 6) is -2.33. The van der Waals surface area contributed by atoms with Crippen LogP contribution in [0.5, 0.6) is 5.75 Å². The first-order chi connectivity index (χ1) is 9.00. The van der Waals surface area contributed by atoms with E-state index in [1.807, 2.05) is 0 Å². The van der Waals surface area contributed by atoms with E-state index in [2.05, 4.69) is 5.32 Å². The minimum atomic E-state index is -0.970. The highest BCUT2D eigenvalue weighted by Crippen LogP contribution is 2.15. The Kier molecular flexibility index (Phi) is 5.78. The molecular formula is C13H16FNO4. The van der Waals surface area contributed by atoms with Crippen LogP contribution in [0.25, 0.3) is 0 Å². The topological polar surface area (TPSA) is 75.6 Å². The molecule has 5 nitrogen and oxygen atoms in total. The number of ether oxygens (including phenoxy) is 1. The first-order valence-corrected chi connectivity index (χ1v) is 5.87. The molecule has 0 radical (unpaired) electrons. The fourth-order valence-corrected chi connectivity index (χ4v) is 1.26. The number of carboxylic acids is 1. The van der Waals surface area contributed by atoms with Crippen molar-refractivity contribution in [3.8, 4) is 5.75 Å². The number of carbonyl (C=O) groups excluding carboxylic acids is 1. The van der Waals surface area contributed by atoms with Crippen LogP contribution in [0.4, 0.5) is 4.39 Å². The molecule has 0 aliphatic heterocycles. The van der Waals surface area contributed by atoms with Gasteiger partial charge in [0.15, 0.2) is 11.6 Å². The smallest absolute Gasteiger partial charge is 0.308 e. The summed E-state index contributed by atoms with van der Waals surface area (Å²) in [6, 6.07) is 5.92. The van der Waals surface area contributed by atoms with Crippen molar-refractivity contribution in [1.29, 1.82) is 0 Å². The summed E-state index contributed by atoms with van der Waals surface area (Å²) in [5, 5.41) is 11.1. The Bertz CT molecular complexity index is 450. The Morgan fingerprint density at radius 3 is 2.74 bits per heavy atom. The summed E-state index contributed by atoms with van der Waals surface area (Å²) < 4.78 is 18.3. The van der Waals surface area contributed by atoms with Crippen molar-refractivity contribution in [1.82, 2.24) is 5.32 Å². The molecule has 0 saturated carbocycles. The van der Waals surface area contributed by atoms with Gasteiger partial charge in [-0.1, -0.05) is 19.1 Å². The number of rotatable bonds is 7. The van der Waals surface area contributed by atoms with E-state index >= 15 is 0 Å². The lowest BCUT2D eigenvalue weighted by Crippen LogP contribution is -2.32. The summed E-state index contributed by atoms with van der Waals surface area (Å²) in [5.41, 5.74) is 0. The van der Waals surface area contributed by atoms with E-state index in [0.29, 0.717) is 0 Å². The van der Waals surface area contributed by atoms with Gasteiger partial charge >= 0.3 is 5.97 Å². The Morgan fingerprint density at radius 2 is 2.11 bits per heavy atom. The zero-order valence-corrected chi connectivity index (χ0v) is 10.6. The Labute approximate surface area is 110 Å². The van der Waals surface area contributed by atoms with E-state index in [0.717, 1.165) is 0 Å². The molecule has 1 aromatic carbocycles. The first-order valence-electron chi connectivity index (χ1n) is 5.87. The van der Waals surface area contributed by atoms with Gasteiger partial charge in [0.2, 0.25) is 5.91 Å². The molecule has 1 amide bonds.